The van der Waals surface area contributed by atoms with Crippen molar-refractivity contribution in [2.75, 3.05) is 0 Å². The Morgan fingerprint density at radius 3 is 2.35 bits per heavy atom. The summed E-state index contributed by atoms with van der Waals surface area (Å²) in [5, 5.41) is 10.6. The molecule has 0 heterocycles. The minimum Gasteiger partial charge on any atom is -0.388 e. The quantitative estimate of drug-likeness (QED) is 0.880. The Kier molecular flexibility index (Phi) is 3.77. The number of aliphatic hydroxyl groups is 1. The number of rotatable bonds is 3. The Hall–Kier alpha value is -1.38. The van der Waals surface area contributed by atoms with E-state index < -0.39 is 6.10 Å². The van der Waals surface area contributed by atoms with Gasteiger partial charge >= 0.3 is 0 Å². The van der Waals surface area contributed by atoms with Crippen LogP contribution in [0.5, 0.6) is 0 Å². The Labute approximate surface area is 104 Å². The molecule has 0 aliphatic heterocycles. The average Bonchev–Trinajstić information content (AvgIpc) is 2.32. The molecule has 1 N–H and O–H groups in total. The third kappa shape index (κ3) is 3.05. The summed E-state index contributed by atoms with van der Waals surface area (Å²) in [6, 6.07) is 13.3. The second kappa shape index (κ2) is 5.30. The molecule has 2 rings (SSSR count). The molecule has 1 unspecified atom stereocenters. The van der Waals surface area contributed by atoms with E-state index in [1.54, 1.807) is 24.3 Å². The van der Waals surface area contributed by atoms with Gasteiger partial charge in [0.15, 0.2) is 0 Å². The van der Waals surface area contributed by atoms with E-state index in [-0.39, 0.29) is 5.82 Å². The average molecular weight is 251 g/mol. The van der Waals surface area contributed by atoms with Crippen LogP contribution < -0.4 is 0 Å². The van der Waals surface area contributed by atoms with Gasteiger partial charge in [0.1, 0.15) is 5.82 Å². The monoisotopic (exact) mass is 250 g/mol. The molecular formula is C14H12ClFO. The predicted molar refractivity (Wildman–Crippen MR) is 66.5 cm³/mol. The van der Waals surface area contributed by atoms with E-state index in [4.69, 9.17) is 11.6 Å². The third-order valence-electron chi connectivity index (χ3n) is 2.61. The van der Waals surface area contributed by atoms with Crippen LogP contribution in [0.1, 0.15) is 17.2 Å². The minimum absolute atomic E-state index is 0.277. The zero-order valence-corrected chi connectivity index (χ0v) is 9.86. The Morgan fingerprint density at radius 1 is 1.06 bits per heavy atom. The summed E-state index contributed by atoms with van der Waals surface area (Å²) in [4.78, 5) is 0. The van der Waals surface area contributed by atoms with E-state index in [2.05, 4.69) is 0 Å². The highest BCUT2D eigenvalue weighted by Crippen LogP contribution is 2.25. The molecule has 0 spiro atoms. The number of halogens is 2. The van der Waals surface area contributed by atoms with Gasteiger partial charge < -0.3 is 5.11 Å². The molecule has 0 aliphatic rings. The molecule has 0 radical (unpaired) electrons. The van der Waals surface area contributed by atoms with Gasteiger partial charge in [0.05, 0.1) is 6.10 Å². The van der Waals surface area contributed by atoms with Crippen molar-refractivity contribution in [2.24, 2.45) is 0 Å². The molecule has 2 aromatic carbocycles. The Balaban J connectivity index is 2.14. The van der Waals surface area contributed by atoms with E-state index in [9.17, 15) is 9.50 Å². The van der Waals surface area contributed by atoms with Crippen LogP contribution >= 0.6 is 11.6 Å². The van der Waals surface area contributed by atoms with Crippen molar-refractivity contribution < 1.29 is 9.50 Å². The summed E-state index contributed by atoms with van der Waals surface area (Å²) < 4.78 is 12.7. The number of aliphatic hydroxyl groups excluding tert-OH is 1. The molecule has 2 aromatic rings. The molecule has 0 aliphatic carbocycles. The van der Waals surface area contributed by atoms with Crippen molar-refractivity contribution in [3.8, 4) is 0 Å². The summed E-state index contributed by atoms with van der Waals surface area (Å²) in [6.07, 6.45) is -0.251. The van der Waals surface area contributed by atoms with Crippen LogP contribution in [-0.4, -0.2) is 5.11 Å². The fourth-order valence-electron chi connectivity index (χ4n) is 1.70. The van der Waals surface area contributed by atoms with Crippen LogP contribution in [0, 0.1) is 5.82 Å². The van der Waals surface area contributed by atoms with Gasteiger partial charge in [0.25, 0.3) is 0 Å². The lowest BCUT2D eigenvalue weighted by Crippen LogP contribution is -2.02. The first-order valence-electron chi connectivity index (χ1n) is 5.34. The second-order valence-electron chi connectivity index (χ2n) is 3.87. The first kappa shape index (κ1) is 12.1. The molecule has 0 aromatic heterocycles. The highest BCUT2D eigenvalue weighted by molar-refractivity contribution is 6.31. The predicted octanol–water partition coefficient (Wildman–Crippen LogP) is 3.76. The van der Waals surface area contributed by atoms with E-state index in [0.717, 1.165) is 5.56 Å². The third-order valence-corrected chi connectivity index (χ3v) is 2.95. The molecule has 0 fully saturated rings. The highest BCUT2D eigenvalue weighted by atomic mass is 35.5. The van der Waals surface area contributed by atoms with Crippen molar-refractivity contribution in [1.82, 2.24) is 0 Å². The van der Waals surface area contributed by atoms with Crippen molar-refractivity contribution in [3.05, 3.63) is 70.5 Å². The van der Waals surface area contributed by atoms with Gasteiger partial charge in [-0.1, -0.05) is 41.9 Å². The summed E-state index contributed by atoms with van der Waals surface area (Å²) in [7, 11) is 0. The molecule has 0 amide bonds. The molecule has 17 heavy (non-hydrogen) atoms. The van der Waals surface area contributed by atoms with E-state index in [1.165, 1.54) is 12.1 Å². The van der Waals surface area contributed by atoms with Crippen LogP contribution in [0.25, 0.3) is 0 Å². The van der Waals surface area contributed by atoms with Crippen LogP contribution in [0.4, 0.5) is 4.39 Å². The summed E-state index contributed by atoms with van der Waals surface area (Å²) in [5.41, 5.74) is 1.57. The fourth-order valence-corrected chi connectivity index (χ4v) is 1.96. The summed E-state index contributed by atoms with van der Waals surface area (Å²) in [6.45, 7) is 0. The topological polar surface area (TPSA) is 20.2 Å². The summed E-state index contributed by atoms with van der Waals surface area (Å²) in [5.74, 6) is -0.277. The normalized spacial score (nSPS) is 12.4. The van der Waals surface area contributed by atoms with Gasteiger partial charge in [-0.05, 0) is 29.3 Å². The van der Waals surface area contributed by atoms with Crippen LogP contribution in [0.15, 0.2) is 48.5 Å². The molecule has 0 saturated carbocycles. The first-order valence-corrected chi connectivity index (χ1v) is 5.71. The lowest BCUT2D eigenvalue weighted by molar-refractivity contribution is 0.178. The van der Waals surface area contributed by atoms with E-state index in [1.807, 2.05) is 12.1 Å². The molecule has 1 nitrogen and oxygen atoms in total. The Morgan fingerprint density at radius 2 is 1.71 bits per heavy atom. The zero-order valence-electron chi connectivity index (χ0n) is 9.11. The minimum atomic E-state index is -0.672. The van der Waals surface area contributed by atoms with E-state index in [0.29, 0.717) is 17.0 Å². The van der Waals surface area contributed by atoms with Gasteiger partial charge in [-0.2, -0.15) is 0 Å². The van der Waals surface area contributed by atoms with Gasteiger partial charge in [0.2, 0.25) is 0 Å². The van der Waals surface area contributed by atoms with Crippen LogP contribution in [0.2, 0.25) is 5.02 Å². The molecule has 3 heteroatoms. The van der Waals surface area contributed by atoms with E-state index >= 15 is 0 Å². The first-order chi connectivity index (χ1) is 8.16. The molecular weight excluding hydrogens is 239 g/mol. The van der Waals surface area contributed by atoms with Gasteiger partial charge in [-0.3, -0.25) is 0 Å². The largest absolute Gasteiger partial charge is 0.388 e. The SMILES string of the molecule is OC(Cc1ccc(F)cc1)c1ccccc1Cl. The number of hydrogen-bond donors (Lipinski definition) is 1. The Bertz CT molecular complexity index is 496. The molecule has 1 atom stereocenters. The summed E-state index contributed by atoms with van der Waals surface area (Å²) >= 11 is 5.99. The molecule has 88 valence electrons. The van der Waals surface area contributed by atoms with Crippen molar-refractivity contribution in [1.29, 1.82) is 0 Å². The van der Waals surface area contributed by atoms with Crippen LogP contribution in [0.3, 0.4) is 0 Å². The van der Waals surface area contributed by atoms with Gasteiger partial charge in [-0.25, -0.2) is 4.39 Å². The lowest BCUT2D eigenvalue weighted by atomic mass is 10.0. The number of benzene rings is 2. The standard InChI is InChI=1S/C14H12ClFO/c15-13-4-2-1-3-12(13)14(17)9-10-5-7-11(16)8-6-10/h1-8,14,17H,9H2. The number of hydrogen-bond acceptors (Lipinski definition) is 1. The maximum atomic E-state index is 12.7. The van der Waals surface area contributed by atoms with Gasteiger partial charge in [0, 0.05) is 11.4 Å². The van der Waals surface area contributed by atoms with Crippen molar-refractivity contribution in [3.63, 3.8) is 0 Å². The maximum Gasteiger partial charge on any atom is 0.123 e. The molecule has 0 bridgehead atoms. The van der Waals surface area contributed by atoms with Crippen molar-refractivity contribution in [2.45, 2.75) is 12.5 Å². The second-order valence-corrected chi connectivity index (χ2v) is 4.28. The fraction of sp³-hybridized carbons (Fsp3) is 0.143. The van der Waals surface area contributed by atoms with Crippen LogP contribution in [-0.2, 0) is 6.42 Å². The van der Waals surface area contributed by atoms with Gasteiger partial charge in [-0.15, -0.1) is 0 Å². The lowest BCUT2D eigenvalue weighted by Gasteiger charge is -2.12. The maximum absolute atomic E-state index is 12.7. The van der Waals surface area contributed by atoms with Crippen molar-refractivity contribution >= 4 is 11.6 Å². The highest BCUT2D eigenvalue weighted by Gasteiger charge is 2.11. The zero-order chi connectivity index (χ0) is 12.3. The smallest absolute Gasteiger partial charge is 0.123 e. The molecule has 0 saturated heterocycles.